The zero-order valence-corrected chi connectivity index (χ0v) is 15.8. The number of primary amides is 1. The summed E-state index contributed by atoms with van der Waals surface area (Å²) in [4.78, 5) is 22.9. The molecule has 3 N–H and O–H groups in total. The fourth-order valence-electron chi connectivity index (χ4n) is 3.92. The molecule has 28 heavy (non-hydrogen) atoms. The van der Waals surface area contributed by atoms with Crippen molar-refractivity contribution in [3.63, 3.8) is 0 Å². The fraction of sp³-hybridized carbons (Fsp3) is 0.318. The topological polar surface area (TPSA) is 99.2 Å². The number of hydrogen-bond acceptors (Lipinski definition) is 4. The molecule has 1 heterocycles. The first-order valence-electron chi connectivity index (χ1n) is 9.39. The largest absolute Gasteiger partial charge is 0.378 e. The molecule has 1 aliphatic carbocycles. The van der Waals surface area contributed by atoms with Crippen LogP contribution in [-0.4, -0.2) is 18.4 Å². The van der Waals surface area contributed by atoms with Gasteiger partial charge in [0.25, 0.3) is 0 Å². The number of anilines is 2. The van der Waals surface area contributed by atoms with Gasteiger partial charge in [0.1, 0.15) is 0 Å². The molecule has 0 radical (unpaired) electrons. The number of carbonyl (C=O) groups excluding carboxylic acids is 2. The predicted octanol–water partition coefficient (Wildman–Crippen LogP) is 3.35. The molecule has 0 saturated heterocycles. The Balaban J connectivity index is 0.000000706. The molecule has 2 amide bonds. The molecule has 144 valence electrons. The summed E-state index contributed by atoms with van der Waals surface area (Å²) in [6.07, 6.45) is 3.58. The highest BCUT2D eigenvalue weighted by Gasteiger charge is 2.42. The fourth-order valence-corrected chi connectivity index (χ4v) is 3.92. The summed E-state index contributed by atoms with van der Waals surface area (Å²) in [6.45, 7) is 1.67. The van der Waals surface area contributed by atoms with E-state index in [-0.39, 0.29) is 24.4 Å². The maximum Gasteiger partial charge on any atom is 0.224 e. The van der Waals surface area contributed by atoms with Gasteiger partial charge in [-0.2, -0.15) is 5.26 Å². The average Bonchev–Trinajstić information content (AvgIpc) is 3.54. The van der Waals surface area contributed by atoms with Crippen molar-refractivity contribution in [1.82, 2.24) is 0 Å². The molecule has 0 spiro atoms. The van der Waals surface area contributed by atoms with Crippen LogP contribution in [0.3, 0.4) is 0 Å². The lowest BCUT2D eigenvalue weighted by Gasteiger charge is -2.41. The van der Waals surface area contributed by atoms with Crippen molar-refractivity contribution in [3.05, 3.63) is 59.7 Å². The van der Waals surface area contributed by atoms with Crippen molar-refractivity contribution in [1.29, 1.82) is 5.26 Å². The van der Waals surface area contributed by atoms with E-state index in [1.165, 1.54) is 18.4 Å². The molecule has 6 nitrogen and oxygen atoms in total. The van der Waals surface area contributed by atoms with E-state index >= 15 is 0 Å². The van der Waals surface area contributed by atoms with E-state index in [9.17, 15) is 4.79 Å². The molecule has 0 aromatic heterocycles. The number of hydrogen-bond donors (Lipinski definition) is 2. The van der Waals surface area contributed by atoms with Gasteiger partial charge in [-0.1, -0.05) is 18.2 Å². The van der Waals surface area contributed by atoms with Gasteiger partial charge in [0, 0.05) is 24.3 Å². The smallest absolute Gasteiger partial charge is 0.224 e. The summed E-state index contributed by atoms with van der Waals surface area (Å²) < 4.78 is 0. The molecule has 0 bridgehead atoms. The number of amides is 2. The van der Waals surface area contributed by atoms with Crippen LogP contribution < -0.4 is 16.0 Å². The Morgan fingerprint density at radius 3 is 2.43 bits per heavy atom. The SMILES string of the molecule is CC(=O)N1c2ccccc2[C@H](Nc2ccc(C#N)cc2)C[C@H]1C1CC1.NC=O. The highest BCUT2D eigenvalue weighted by atomic mass is 16.2. The van der Waals surface area contributed by atoms with E-state index in [4.69, 9.17) is 10.1 Å². The van der Waals surface area contributed by atoms with Gasteiger partial charge in [0.15, 0.2) is 0 Å². The highest BCUT2D eigenvalue weighted by molar-refractivity contribution is 5.94. The van der Waals surface area contributed by atoms with Crippen molar-refractivity contribution in [3.8, 4) is 6.07 Å². The second-order valence-electron chi connectivity index (χ2n) is 7.11. The van der Waals surface area contributed by atoms with Gasteiger partial charge in [0.2, 0.25) is 12.3 Å². The molecule has 0 unspecified atom stereocenters. The standard InChI is InChI=1S/C21H21N3O.CH3NO/c1-14(25)24-20-5-3-2-4-18(20)19(12-21(24)16-8-9-16)23-17-10-6-15(13-22)7-11-17;2-1-3/h2-7,10-11,16,19,21,23H,8-9,12H2,1H3;1H,(H2,2,3)/t19-,21+;/m1./s1. The number of nitrogens with one attached hydrogen (secondary N) is 1. The maximum absolute atomic E-state index is 12.3. The minimum atomic E-state index is 0.126. The van der Waals surface area contributed by atoms with Crippen LogP contribution in [0.1, 0.15) is 43.4 Å². The molecular formula is C22H24N4O2. The van der Waals surface area contributed by atoms with Crippen LogP contribution in [-0.2, 0) is 9.59 Å². The third kappa shape index (κ3) is 4.15. The monoisotopic (exact) mass is 376 g/mol. The number of benzene rings is 2. The predicted molar refractivity (Wildman–Crippen MR) is 109 cm³/mol. The second kappa shape index (κ2) is 8.57. The Bertz CT molecular complexity index is 884. The summed E-state index contributed by atoms with van der Waals surface area (Å²) >= 11 is 0. The number of para-hydroxylation sites is 1. The summed E-state index contributed by atoms with van der Waals surface area (Å²) in [5.41, 5.74) is 8.03. The molecule has 1 fully saturated rings. The molecular weight excluding hydrogens is 352 g/mol. The van der Waals surface area contributed by atoms with Crippen LogP contribution >= 0.6 is 0 Å². The molecule has 2 aromatic rings. The number of nitriles is 1. The Morgan fingerprint density at radius 2 is 1.86 bits per heavy atom. The van der Waals surface area contributed by atoms with Crippen LogP contribution in [0.2, 0.25) is 0 Å². The normalized spacial score (nSPS) is 20.1. The molecule has 4 rings (SSSR count). The second-order valence-corrected chi connectivity index (χ2v) is 7.11. The Hall–Kier alpha value is -3.33. The average molecular weight is 376 g/mol. The Morgan fingerprint density at radius 1 is 1.21 bits per heavy atom. The van der Waals surface area contributed by atoms with Crippen LogP contribution in [0, 0.1) is 17.2 Å². The summed E-state index contributed by atoms with van der Waals surface area (Å²) in [5, 5.41) is 12.6. The summed E-state index contributed by atoms with van der Waals surface area (Å²) in [7, 11) is 0. The Labute approximate surface area is 164 Å². The summed E-state index contributed by atoms with van der Waals surface area (Å²) in [6, 6.07) is 18.3. The van der Waals surface area contributed by atoms with Crippen LogP contribution in [0.15, 0.2) is 48.5 Å². The Kier molecular flexibility index (Phi) is 5.95. The van der Waals surface area contributed by atoms with Gasteiger partial charge in [0.05, 0.1) is 17.7 Å². The van der Waals surface area contributed by atoms with Crippen LogP contribution in [0.4, 0.5) is 11.4 Å². The van der Waals surface area contributed by atoms with Crippen molar-refractivity contribution in [2.45, 2.75) is 38.3 Å². The van der Waals surface area contributed by atoms with E-state index in [1.807, 2.05) is 41.3 Å². The number of rotatable bonds is 3. The minimum absolute atomic E-state index is 0.126. The van der Waals surface area contributed by atoms with Crippen molar-refractivity contribution in [2.75, 3.05) is 10.2 Å². The molecule has 2 aromatic carbocycles. The zero-order valence-electron chi connectivity index (χ0n) is 15.8. The minimum Gasteiger partial charge on any atom is -0.378 e. The lowest BCUT2D eigenvalue weighted by Crippen LogP contribution is -2.46. The van der Waals surface area contributed by atoms with E-state index in [2.05, 4.69) is 29.3 Å². The van der Waals surface area contributed by atoms with Gasteiger partial charge in [-0.25, -0.2) is 0 Å². The van der Waals surface area contributed by atoms with E-state index in [1.54, 1.807) is 6.92 Å². The van der Waals surface area contributed by atoms with Crippen molar-refractivity contribution in [2.24, 2.45) is 11.7 Å². The van der Waals surface area contributed by atoms with Crippen molar-refractivity contribution >= 4 is 23.7 Å². The van der Waals surface area contributed by atoms with E-state index < -0.39 is 0 Å². The number of carbonyl (C=O) groups is 2. The third-order valence-corrected chi connectivity index (χ3v) is 5.24. The zero-order chi connectivity index (χ0) is 20.1. The van der Waals surface area contributed by atoms with E-state index in [0.29, 0.717) is 11.5 Å². The molecule has 2 atom stereocenters. The van der Waals surface area contributed by atoms with Gasteiger partial charge >= 0.3 is 0 Å². The quantitative estimate of drug-likeness (QED) is 0.803. The molecule has 6 heteroatoms. The van der Waals surface area contributed by atoms with Gasteiger partial charge in [-0.15, -0.1) is 0 Å². The lowest BCUT2D eigenvalue weighted by atomic mass is 9.88. The first kappa shape index (κ1) is 19.4. The van der Waals surface area contributed by atoms with Crippen LogP contribution in [0.5, 0.6) is 0 Å². The molecule has 1 aliphatic heterocycles. The maximum atomic E-state index is 12.3. The number of nitrogens with zero attached hydrogens (tertiary/aromatic N) is 2. The highest BCUT2D eigenvalue weighted by Crippen LogP contribution is 2.47. The van der Waals surface area contributed by atoms with E-state index in [0.717, 1.165) is 17.8 Å². The van der Waals surface area contributed by atoms with Crippen LogP contribution in [0.25, 0.3) is 0 Å². The lowest BCUT2D eigenvalue weighted by molar-refractivity contribution is -0.117. The first-order chi connectivity index (χ1) is 13.6. The summed E-state index contributed by atoms with van der Waals surface area (Å²) in [5.74, 6) is 0.740. The van der Waals surface area contributed by atoms with Gasteiger partial charge in [-0.05, 0) is 61.1 Å². The third-order valence-electron chi connectivity index (χ3n) is 5.24. The molecule has 2 aliphatic rings. The molecule has 1 saturated carbocycles. The number of nitrogens with two attached hydrogens (primary N) is 1. The first-order valence-corrected chi connectivity index (χ1v) is 9.39. The van der Waals surface area contributed by atoms with Crippen molar-refractivity contribution < 1.29 is 9.59 Å². The van der Waals surface area contributed by atoms with Gasteiger partial charge < -0.3 is 16.0 Å². The van der Waals surface area contributed by atoms with Gasteiger partial charge in [-0.3, -0.25) is 9.59 Å². The number of fused-ring (bicyclic) bond motifs is 1.